The van der Waals surface area contributed by atoms with E-state index in [1.807, 2.05) is 39.0 Å². The Kier molecular flexibility index (Phi) is 3.23. The van der Waals surface area contributed by atoms with Crippen molar-refractivity contribution in [3.63, 3.8) is 0 Å². The number of aromatic nitrogens is 1. The van der Waals surface area contributed by atoms with Gasteiger partial charge in [-0.15, -0.1) is 0 Å². The first-order chi connectivity index (χ1) is 7.87. The van der Waals surface area contributed by atoms with Gasteiger partial charge in [0.25, 0.3) is 0 Å². The Morgan fingerprint density at radius 2 is 2.12 bits per heavy atom. The second-order valence-electron chi connectivity index (χ2n) is 4.67. The Morgan fingerprint density at radius 1 is 1.41 bits per heavy atom. The summed E-state index contributed by atoms with van der Waals surface area (Å²) in [5.74, 6) is -0.373. The van der Waals surface area contributed by atoms with Crippen LogP contribution in [0.3, 0.4) is 0 Å². The monoisotopic (exact) mass is 313 g/mol. The van der Waals surface area contributed by atoms with Crippen molar-refractivity contribution in [3.8, 4) is 0 Å². The van der Waals surface area contributed by atoms with Gasteiger partial charge in [-0.3, -0.25) is 0 Å². The molecule has 0 radical (unpaired) electrons. The Morgan fingerprint density at radius 3 is 2.76 bits per heavy atom. The molecule has 0 amide bonds. The number of rotatable bonds is 1. The summed E-state index contributed by atoms with van der Waals surface area (Å²) < 4.78 is 11.4. The van der Waals surface area contributed by atoms with Gasteiger partial charge in [0.2, 0.25) is 0 Å². The van der Waals surface area contributed by atoms with E-state index < -0.39 is 5.60 Å². The van der Waals surface area contributed by atoms with Crippen molar-refractivity contribution < 1.29 is 9.53 Å². The Hall–Kier alpha value is -0.940. The largest absolute Gasteiger partial charge is 0.455 e. The molecule has 0 saturated carbocycles. The van der Waals surface area contributed by atoms with Crippen molar-refractivity contribution in [3.05, 3.63) is 28.4 Å². The SMILES string of the molecule is CC(C)(C)OC(=O)c1nsc2ccc(Br)cc12. The molecule has 90 valence electrons. The van der Waals surface area contributed by atoms with Gasteiger partial charge in [-0.1, -0.05) is 15.9 Å². The molecule has 0 atom stereocenters. The molecule has 0 saturated heterocycles. The molecule has 2 aromatic rings. The number of halogens is 1. The van der Waals surface area contributed by atoms with Gasteiger partial charge in [-0.05, 0) is 50.5 Å². The van der Waals surface area contributed by atoms with Crippen LogP contribution in [0.1, 0.15) is 31.3 Å². The van der Waals surface area contributed by atoms with Crippen LogP contribution in [0.4, 0.5) is 0 Å². The van der Waals surface area contributed by atoms with Crippen molar-refractivity contribution >= 4 is 43.5 Å². The minimum Gasteiger partial charge on any atom is -0.455 e. The summed E-state index contributed by atoms with van der Waals surface area (Å²) in [6.07, 6.45) is 0. The normalized spacial score (nSPS) is 11.8. The van der Waals surface area contributed by atoms with Gasteiger partial charge in [0, 0.05) is 9.86 Å². The molecule has 0 spiro atoms. The second kappa shape index (κ2) is 4.38. The summed E-state index contributed by atoms with van der Waals surface area (Å²) in [6, 6.07) is 5.75. The molecule has 17 heavy (non-hydrogen) atoms. The van der Waals surface area contributed by atoms with E-state index in [-0.39, 0.29) is 5.97 Å². The van der Waals surface area contributed by atoms with Gasteiger partial charge < -0.3 is 4.74 Å². The topological polar surface area (TPSA) is 39.2 Å². The highest BCUT2D eigenvalue weighted by atomic mass is 79.9. The first-order valence-electron chi connectivity index (χ1n) is 5.15. The van der Waals surface area contributed by atoms with Crippen molar-refractivity contribution in [2.24, 2.45) is 0 Å². The lowest BCUT2D eigenvalue weighted by Gasteiger charge is -2.18. The smallest absolute Gasteiger partial charge is 0.359 e. The molecule has 1 heterocycles. The fourth-order valence-corrected chi connectivity index (χ4v) is 2.49. The molecule has 1 aromatic heterocycles. The van der Waals surface area contributed by atoms with E-state index in [4.69, 9.17) is 4.74 Å². The number of benzene rings is 1. The summed E-state index contributed by atoms with van der Waals surface area (Å²) in [5, 5.41) is 0.832. The molecule has 1 aromatic carbocycles. The fraction of sp³-hybridized carbons (Fsp3) is 0.333. The average Bonchev–Trinajstić information content (AvgIpc) is 2.57. The van der Waals surface area contributed by atoms with E-state index >= 15 is 0 Å². The fourth-order valence-electron chi connectivity index (χ4n) is 1.38. The third-order valence-corrected chi connectivity index (χ3v) is 3.34. The summed E-state index contributed by atoms with van der Waals surface area (Å²) in [5.41, 5.74) is -0.111. The zero-order valence-corrected chi connectivity index (χ0v) is 12.2. The molecule has 0 fully saturated rings. The van der Waals surface area contributed by atoms with Crippen molar-refractivity contribution in [1.82, 2.24) is 4.37 Å². The van der Waals surface area contributed by atoms with E-state index in [9.17, 15) is 4.79 Å². The Labute approximate surface area is 112 Å². The predicted molar refractivity (Wildman–Crippen MR) is 72.5 cm³/mol. The highest BCUT2D eigenvalue weighted by Crippen LogP contribution is 2.27. The van der Waals surface area contributed by atoms with E-state index in [1.165, 1.54) is 11.5 Å². The maximum atomic E-state index is 12.0. The van der Waals surface area contributed by atoms with Gasteiger partial charge in [-0.25, -0.2) is 4.79 Å². The number of esters is 1. The number of carbonyl (C=O) groups is 1. The third-order valence-electron chi connectivity index (χ3n) is 2.02. The van der Waals surface area contributed by atoms with Crippen molar-refractivity contribution in [2.75, 3.05) is 0 Å². The lowest BCUT2D eigenvalue weighted by molar-refractivity contribution is 0.00666. The minimum atomic E-state index is -0.501. The van der Waals surface area contributed by atoms with Gasteiger partial charge in [0.15, 0.2) is 5.69 Å². The lowest BCUT2D eigenvalue weighted by atomic mass is 10.2. The molecule has 5 heteroatoms. The quantitative estimate of drug-likeness (QED) is 0.747. The number of hydrogen-bond donors (Lipinski definition) is 0. The van der Waals surface area contributed by atoms with Crippen LogP contribution in [0.2, 0.25) is 0 Å². The van der Waals surface area contributed by atoms with Crippen LogP contribution < -0.4 is 0 Å². The molecule has 2 rings (SSSR count). The van der Waals surface area contributed by atoms with Crippen LogP contribution in [-0.2, 0) is 4.74 Å². The first kappa shape index (κ1) is 12.5. The summed E-state index contributed by atoms with van der Waals surface area (Å²) in [6.45, 7) is 5.53. The first-order valence-corrected chi connectivity index (χ1v) is 6.72. The maximum Gasteiger partial charge on any atom is 0.359 e. The van der Waals surface area contributed by atoms with Crippen LogP contribution in [0.15, 0.2) is 22.7 Å². The zero-order valence-electron chi connectivity index (χ0n) is 9.78. The number of ether oxygens (including phenoxy) is 1. The molecule has 0 aliphatic rings. The predicted octanol–water partition coefficient (Wildman–Crippen LogP) is 4.01. The van der Waals surface area contributed by atoms with Gasteiger partial charge in [-0.2, -0.15) is 4.37 Å². The summed E-state index contributed by atoms with van der Waals surface area (Å²) in [4.78, 5) is 12.0. The second-order valence-corrected chi connectivity index (χ2v) is 6.39. The lowest BCUT2D eigenvalue weighted by Crippen LogP contribution is -2.24. The maximum absolute atomic E-state index is 12.0. The molecule has 0 N–H and O–H groups in total. The Bertz CT molecular complexity index is 571. The third kappa shape index (κ3) is 2.84. The molecule has 0 bridgehead atoms. The van der Waals surface area contributed by atoms with Crippen molar-refractivity contribution in [1.29, 1.82) is 0 Å². The van der Waals surface area contributed by atoms with E-state index in [1.54, 1.807) is 0 Å². The van der Waals surface area contributed by atoms with Gasteiger partial charge >= 0.3 is 5.97 Å². The van der Waals surface area contributed by atoms with Crippen LogP contribution in [0.25, 0.3) is 10.1 Å². The molecule has 0 aliphatic carbocycles. The van der Waals surface area contributed by atoms with E-state index in [2.05, 4.69) is 20.3 Å². The number of carbonyl (C=O) groups excluding carboxylic acids is 1. The summed E-state index contributed by atoms with van der Waals surface area (Å²) in [7, 11) is 0. The molecule has 3 nitrogen and oxygen atoms in total. The molecular weight excluding hydrogens is 302 g/mol. The number of hydrogen-bond acceptors (Lipinski definition) is 4. The number of fused-ring (bicyclic) bond motifs is 1. The number of nitrogens with zero attached hydrogens (tertiary/aromatic N) is 1. The van der Waals surface area contributed by atoms with Crippen LogP contribution in [-0.4, -0.2) is 15.9 Å². The average molecular weight is 314 g/mol. The molecule has 0 unspecified atom stereocenters. The van der Waals surface area contributed by atoms with E-state index in [0.717, 1.165) is 14.6 Å². The van der Waals surface area contributed by atoms with Gasteiger partial charge in [0.05, 0.1) is 4.70 Å². The summed E-state index contributed by atoms with van der Waals surface area (Å²) >= 11 is 4.69. The highest BCUT2D eigenvalue weighted by Gasteiger charge is 2.22. The molecule has 0 aliphatic heterocycles. The highest BCUT2D eigenvalue weighted by molar-refractivity contribution is 9.10. The van der Waals surface area contributed by atoms with Crippen LogP contribution >= 0.6 is 27.5 Å². The standard InChI is InChI=1S/C12H12BrNO2S/c1-12(2,3)16-11(15)10-8-6-7(13)4-5-9(8)17-14-10/h4-6H,1-3H3. The van der Waals surface area contributed by atoms with Crippen LogP contribution in [0.5, 0.6) is 0 Å². The van der Waals surface area contributed by atoms with Gasteiger partial charge in [0.1, 0.15) is 5.60 Å². The van der Waals surface area contributed by atoms with Crippen molar-refractivity contribution in [2.45, 2.75) is 26.4 Å². The van der Waals surface area contributed by atoms with Crippen LogP contribution in [0, 0.1) is 0 Å². The Balaban J connectivity index is 2.42. The minimum absolute atomic E-state index is 0.373. The van der Waals surface area contributed by atoms with E-state index in [0.29, 0.717) is 5.69 Å². The zero-order chi connectivity index (χ0) is 12.6. The molecular formula is C12H12BrNO2S.